The molecule has 2 heterocycles. The number of rotatable bonds is 2. The van der Waals surface area contributed by atoms with E-state index in [1.807, 2.05) is 13.8 Å². The second-order valence-electron chi connectivity index (χ2n) is 2.79. The van der Waals surface area contributed by atoms with Crippen molar-refractivity contribution >= 4 is 17.0 Å². The summed E-state index contributed by atoms with van der Waals surface area (Å²) in [5.41, 5.74) is 2.67. The lowest BCUT2D eigenvalue weighted by molar-refractivity contribution is 1.07. The molecule has 5 nitrogen and oxygen atoms in total. The molecule has 13 heavy (non-hydrogen) atoms. The van der Waals surface area contributed by atoms with E-state index < -0.39 is 0 Å². The summed E-state index contributed by atoms with van der Waals surface area (Å²) in [5.74, 6) is 0.661. The van der Waals surface area contributed by atoms with Gasteiger partial charge >= 0.3 is 0 Å². The normalized spacial score (nSPS) is 10.6. The molecule has 0 aliphatic rings. The molecule has 5 heteroatoms. The van der Waals surface area contributed by atoms with E-state index in [9.17, 15) is 0 Å². The first-order valence-electron chi connectivity index (χ1n) is 4.23. The van der Waals surface area contributed by atoms with E-state index in [0.29, 0.717) is 5.95 Å². The number of aromatic nitrogens is 4. The van der Waals surface area contributed by atoms with Crippen LogP contribution >= 0.6 is 0 Å². The van der Waals surface area contributed by atoms with Gasteiger partial charge in [-0.2, -0.15) is 5.10 Å². The van der Waals surface area contributed by atoms with Gasteiger partial charge in [-0.05, 0) is 13.8 Å². The number of hydrogen-bond donors (Lipinski definition) is 2. The minimum absolute atomic E-state index is 0.661. The van der Waals surface area contributed by atoms with E-state index in [-0.39, 0.29) is 0 Å². The number of aromatic amines is 1. The summed E-state index contributed by atoms with van der Waals surface area (Å²) in [4.78, 5) is 8.54. The Hall–Kier alpha value is -1.65. The van der Waals surface area contributed by atoms with Crippen molar-refractivity contribution in [2.75, 3.05) is 11.9 Å². The molecule has 0 spiro atoms. The predicted molar refractivity (Wildman–Crippen MR) is 50.6 cm³/mol. The van der Waals surface area contributed by atoms with Gasteiger partial charge in [-0.3, -0.25) is 5.10 Å². The van der Waals surface area contributed by atoms with Crippen LogP contribution in [0.3, 0.4) is 0 Å². The first-order chi connectivity index (χ1) is 6.31. The summed E-state index contributed by atoms with van der Waals surface area (Å²) in [5, 5.41) is 9.83. The summed E-state index contributed by atoms with van der Waals surface area (Å²) < 4.78 is 0. The molecule has 68 valence electrons. The third kappa shape index (κ3) is 1.32. The summed E-state index contributed by atoms with van der Waals surface area (Å²) >= 11 is 0. The molecule has 2 aromatic heterocycles. The number of H-pyrrole nitrogens is 1. The maximum absolute atomic E-state index is 4.27. The van der Waals surface area contributed by atoms with E-state index in [1.54, 1.807) is 6.20 Å². The monoisotopic (exact) mass is 177 g/mol. The Kier molecular flexibility index (Phi) is 1.84. The fourth-order valence-electron chi connectivity index (χ4n) is 1.22. The zero-order valence-electron chi connectivity index (χ0n) is 7.63. The maximum atomic E-state index is 4.27. The largest absolute Gasteiger partial charge is 0.354 e. The standard InChI is InChI=1S/C8H11N5/c1-3-9-8-11-5(2)7-6(12-8)4-10-13-7/h4H,3H2,1-2H3,(H,10,13)(H,9,11,12). The van der Waals surface area contributed by atoms with Crippen molar-refractivity contribution in [2.45, 2.75) is 13.8 Å². The summed E-state index contributed by atoms with van der Waals surface area (Å²) in [6, 6.07) is 0. The van der Waals surface area contributed by atoms with E-state index in [4.69, 9.17) is 0 Å². The Bertz CT molecular complexity index is 419. The molecule has 2 aromatic rings. The SMILES string of the molecule is CCNc1nc(C)c2[nH]ncc2n1. The first kappa shape index (κ1) is 7.97. The van der Waals surface area contributed by atoms with E-state index >= 15 is 0 Å². The van der Waals surface area contributed by atoms with Crippen molar-refractivity contribution in [3.05, 3.63) is 11.9 Å². The van der Waals surface area contributed by atoms with Gasteiger partial charge in [0.1, 0.15) is 11.0 Å². The third-order valence-corrected chi connectivity index (χ3v) is 1.82. The van der Waals surface area contributed by atoms with E-state index in [1.165, 1.54) is 0 Å². The maximum Gasteiger partial charge on any atom is 0.223 e. The zero-order valence-corrected chi connectivity index (χ0v) is 7.63. The Labute approximate surface area is 75.6 Å². The van der Waals surface area contributed by atoms with E-state index in [0.717, 1.165) is 23.3 Å². The van der Waals surface area contributed by atoms with Crippen LogP contribution in [0.15, 0.2) is 6.20 Å². The lowest BCUT2D eigenvalue weighted by Gasteiger charge is -2.01. The fourth-order valence-corrected chi connectivity index (χ4v) is 1.22. The van der Waals surface area contributed by atoms with Crippen molar-refractivity contribution in [3.63, 3.8) is 0 Å². The fraction of sp³-hybridized carbons (Fsp3) is 0.375. The van der Waals surface area contributed by atoms with Gasteiger partial charge in [0.25, 0.3) is 0 Å². The second-order valence-corrected chi connectivity index (χ2v) is 2.79. The van der Waals surface area contributed by atoms with Crippen molar-refractivity contribution in [3.8, 4) is 0 Å². The summed E-state index contributed by atoms with van der Waals surface area (Å²) in [6.45, 7) is 4.77. The van der Waals surface area contributed by atoms with Gasteiger partial charge in [-0.25, -0.2) is 9.97 Å². The van der Waals surface area contributed by atoms with Crippen LogP contribution < -0.4 is 5.32 Å². The van der Waals surface area contributed by atoms with Crippen LogP contribution in [0, 0.1) is 6.92 Å². The Morgan fingerprint density at radius 3 is 3.08 bits per heavy atom. The lowest BCUT2D eigenvalue weighted by Crippen LogP contribution is -2.02. The molecule has 0 aliphatic carbocycles. The molecule has 0 aromatic carbocycles. The summed E-state index contributed by atoms with van der Waals surface area (Å²) in [7, 11) is 0. The smallest absolute Gasteiger partial charge is 0.223 e. The molecule has 0 saturated heterocycles. The first-order valence-corrected chi connectivity index (χ1v) is 4.23. The number of aryl methyl sites for hydroxylation is 1. The van der Waals surface area contributed by atoms with Crippen molar-refractivity contribution in [1.82, 2.24) is 20.2 Å². The molecular weight excluding hydrogens is 166 g/mol. The van der Waals surface area contributed by atoms with Crippen LogP contribution in [0.1, 0.15) is 12.6 Å². The molecule has 2 N–H and O–H groups in total. The van der Waals surface area contributed by atoms with Crippen LogP contribution in [-0.4, -0.2) is 26.7 Å². The van der Waals surface area contributed by atoms with Crippen LogP contribution in [0.4, 0.5) is 5.95 Å². The number of hydrogen-bond acceptors (Lipinski definition) is 4. The van der Waals surface area contributed by atoms with E-state index in [2.05, 4.69) is 25.5 Å². The van der Waals surface area contributed by atoms with Crippen molar-refractivity contribution in [1.29, 1.82) is 0 Å². The molecule has 2 rings (SSSR count). The minimum Gasteiger partial charge on any atom is -0.354 e. The second kappa shape index (κ2) is 3.01. The minimum atomic E-state index is 0.661. The van der Waals surface area contributed by atoms with Gasteiger partial charge in [0.2, 0.25) is 5.95 Å². The molecule has 0 saturated carbocycles. The molecule has 0 aliphatic heterocycles. The molecule has 0 amide bonds. The van der Waals surface area contributed by atoms with Gasteiger partial charge in [-0.15, -0.1) is 0 Å². The third-order valence-electron chi connectivity index (χ3n) is 1.82. The molecule has 0 fully saturated rings. The molecule has 0 bridgehead atoms. The Morgan fingerprint density at radius 2 is 2.31 bits per heavy atom. The predicted octanol–water partition coefficient (Wildman–Crippen LogP) is 1.09. The van der Waals surface area contributed by atoms with Gasteiger partial charge in [0, 0.05) is 6.54 Å². The van der Waals surface area contributed by atoms with Gasteiger partial charge in [-0.1, -0.05) is 0 Å². The highest BCUT2D eigenvalue weighted by atomic mass is 15.2. The number of anilines is 1. The lowest BCUT2D eigenvalue weighted by atomic mass is 10.3. The van der Waals surface area contributed by atoms with Crippen LogP contribution in [0.25, 0.3) is 11.0 Å². The average molecular weight is 177 g/mol. The van der Waals surface area contributed by atoms with Crippen LogP contribution in [0.2, 0.25) is 0 Å². The van der Waals surface area contributed by atoms with Crippen LogP contribution in [-0.2, 0) is 0 Å². The topological polar surface area (TPSA) is 66.5 Å². The number of nitrogens with one attached hydrogen (secondary N) is 2. The van der Waals surface area contributed by atoms with Gasteiger partial charge in [0.15, 0.2) is 0 Å². The Balaban J connectivity index is 2.56. The molecule has 0 atom stereocenters. The average Bonchev–Trinajstić information content (AvgIpc) is 2.53. The number of fused-ring (bicyclic) bond motifs is 1. The highest BCUT2D eigenvalue weighted by molar-refractivity contribution is 5.76. The van der Waals surface area contributed by atoms with Gasteiger partial charge in [0.05, 0.1) is 11.9 Å². The zero-order chi connectivity index (χ0) is 9.26. The molecule has 0 unspecified atom stereocenters. The molecular formula is C8H11N5. The molecule has 0 radical (unpaired) electrons. The van der Waals surface area contributed by atoms with Gasteiger partial charge < -0.3 is 5.32 Å². The highest BCUT2D eigenvalue weighted by Gasteiger charge is 2.04. The summed E-state index contributed by atoms with van der Waals surface area (Å²) in [6.07, 6.45) is 1.70. The highest BCUT2D eigenvalue weighted by Crippen LogP contribution is 2.12. The van der Waals surface area contributed by atoms with Crippen LogP contribution in [0.5, 0.6) is 0 Å². The Morgan fingerprint density at radius 1 is 1.46 bits per heavy atom. The van der Waals surface area contributed by atoms with Crippen molar-refractivity contribution < 1.29 is 0 Å². The number of nitrogens with zero attached hydrogens (tertiary/aromatic N) is 3. The quantitative estimate of drug-likeness (QED) is 0.720. The van der Waals surface area contributed by atoms with Crippen molar-refractivity contribution in [2.24, 2.45) is 0 Å².